The topological polar surface area (TPSA) is 59.2 Å². The van der Waals surface area contributed by atoms with E-state index >= 15 is 0 Å². The SMILES string of the molecule is CC1CC(C)C(C)N(C(=O)c2cnc(N)c(Cl)c2)C1. The molecule has 104 valence electrons. The van der Waals surface area contributed by atoms with Crippen LogP contribution in [0.3, 0.4) is 0 Å². The average Bonchev–Trinajstić information content (AvgIpc) is 2.36. The summed E-state index contributed by atoms with van der Waals surface area (Å²) in [7, 11) is 0. The Labute approximate surface area is 118 Å². The van der Waals surface area contributed by atoms with Crippen LogP contribution in [0, 0.1) is 11.8 Å². The Morgan fingerprint density at radius 1 is 1.47 bits per heavy atom. The average molecular weight is 282 g/mol. The number of anilines is 1. The molecule has 0 saturated carbocycles. The van der Waals surface area contributed by atoms with Gasteiger partial charge in [-0.05, 0) is 31.2 Å². The highest BCUT2D eigenvalue weighted by molar-refractivity contribution is 6.33. The molecule has 4 nitrogen and oxygen atoms in total. The Bertz CT molecular complexity index is 492. The molecular weight excluding hydrogens is 262 g/mol. The number of carbonyl (C=O) groups is 1. The molecule has 1 aromatic rings. The van der Waals surface area contributed by atoms with E-state index in [0.717, 1.165) is 13.0 Å². The number of hydrogen-bond donors (Lipinski definition) is 1. The number of nitrogens with zero attached hydrogens (tertiary/aromatic N) is 2. The number of pyridine rings is 1. The van der Waals surface area contributed by atoms with Crippen LogP contribution in [-0.4, -0.2) is 28.4 Å². The number of hydrogen-bond acceptors (Lipinski definition) is 3. The molecule has 3 unspecified atom stereocenters. The fraction of sp³-hybridized carbons (Fsp3) is 0.571. The summed E-state index contributed by atoms with van der Waals surface area (Å²) < 4.78 is 0. The Hall–Kier alpha value is -1.29. The quantitative estimate of drug-likeness (QED) is 0.861. The molecule has 2 N–H and O–H groups in total. The summed E-state index contributed by atoms with van der Waals surface area (Å²) in [5, 5.41) is 0.330. The first-order valence-corrected chi connectivity index (χ1v) is 7.00. The van der Waals surface area contributed by atoms with Crippen LogP contribution in [0.4, 0.5) is 5.82 Å². The number of amides is 1. The van der Waals surface area contributed by atoms with Crippen LogP contribution < -0.4 is 5.73 Å². The van der Waals surface area contributed by atoms with Crippen molar-refractivity contribution in [2.45, 2.75) is 33.2 Å². The van der Waals surface area contributed by atoms with E-state index in [4.69, 9.17) is 17.3 Å². The van der Waals surface area contributed by atoms with Crippen LogP contribution in [0.2, 0.25) is 5.02 Å². The van der Waals surface area contributed by atoms with E-state index in [-0.39, 0.29) is 17.8 Å². The smallest absolute Gasteiger partial charge is 0.255 e. The van der Waals surface area contributed by atoms with Gasteiger partial charge in [-0.2, -0.15) is 0 Å². The number of carbonyl (C=O) groups excluding carboxylic acids is 1. The Balaban J connectivity index is 2.24. The lowest BCUT2D eigenvalue weighted by Crippen LogP contribution is -2.48. The lowest BCUT2D eigenvalue weighted by Gasteiger charge is -2.41. The first-order valence-electron chi connectivity index (χ1n) is 6.62. The van der Waals surface area contributed by atoms with Gasteiger partial charge in [0.25, 0.3) is 5.91 Å². The Kier molecular flexibility index (Phi) is 3.99. The molecule has 0 aliphatic carbocycles. The van der Waals surface area contributed by atoms with Crippen molar-refractivity contribution in [2.75, 3.05) is 12.3 Å². The van der Waals surface area contributed by atoms with E-state index in [9.17, 15) is 4.79 Å². The minimum atomic E-state index is -0.0136. The first kappa shape index (κ1) is 14.1. The van der Waals surface area contributed by atoms with Crippen LogP contribution in [0.1, 0.15) is 37.6 Å². The maximum Gasteiger partial charge on any atom is 0.255 e. The molecular formula is C14H20ClN3O. The summed E-state index contributed by atoms with van der Waals surface area (Å²) in [6.07, 6.45) is 2.66. The molecule has 0 spiro atoms. The second kappa shape index (κ2) is 5.37. The van der Waals surface area contributed by atoms with Crippen molar-refractivity contribution in [1.29, 1.82) is 0 Å². The third kappa shape index (κ3) is 2.84. The number of nitrogen functional groups attached to an aromatic ring is 1. The molecule has 1 fully saturated rings. The summed E-state index contributed by atoms with van der Waals surface area (Å²) in [6, 6.07) is 1.84. The van der Waals surface area contributed by atoms with Gasteiger partial charge in [0.05, 0.1) is 10.6 Å². The molecule has 5 heteroatoms. The maximum atomic E-state index is 12.6. The predicted molar refractivity (Wildman–Crippen MR) is 77.1 cm³/mol. The normalized spacial score (nSPS) is 27.4. The first-order chi connectivity index (χ1) is 8.90. The fourth-order valence-electron chi connectivity index (χ4n) is 2.71. The zero-order valence-electron chi connectivity index (χ0n) is 11.6. The summed E-state index contributed by atoms with van der Waals surface area (Å²) in [4.78, 5) is 18.4. The number of halogens is 1. The molecule has 2 rings (SSSR count). The van der Waals surface area contributed by atoms with Crippen LogP contribution in [0.25, 0.3) is 0 Å². The number of likely N-dealkylation sites (tertiary alicyclic amines) is 1. The van der Waals surface area contributed by atoms with Gasteiger partial charge in [0, 0.05) is 18.8 Å². The van der Waals surface area contributed by atoms with Crippen molar-refractivity contribution >= 4 is 23.3 Å². The van der Waals surface area contributed by atoms with E-state index in [1.54, 1.807) is 6.07 Å². The number of aromatic nitrogens is 1. The third-order valence-corrected chi connectivity index (χ3v) is 4.28. The van der Waals surface area contributed by atoms with Crippen molar-refractivity contribution in [3.8, 4) is 0 Å². The van der Waals surface area contributed by atoms with Gasteiger partial charge in [-0.15, -0.1) is 0 Å². The maximum absolute atomic E-state index is 12.6. The van der Waals surface area contributed by atoms with Gasteiger partial charge in [-0.1, -0.05) is 25.4 Å². The van der Waals surface area contributed by atoms with Crippen molar-refractivity contribution < 1.29 is 4.79 Å². The van der Waals surface area contributed by atoms with Crippen LogP contribution in [-0.2, 0) is 0 Å². The second-order valence-corrected chi connectivity index (χ2v) is 6.01. The summed E-state index contributed by atoms with van der Waals surface area (Å²) in [5.74, 6) is 1.27. The molecule has 0 aromatic carbocycles. The Morgan fingerprint density at radius 2 is 2.16 bits per heavy atom. The number of piperidine rings is 1. The van der Waals surface area contributed by atoms with Gasteiger partial charge >= 0.3 is 0 Å². The van der Waals surface area contributed by atoms with Crippen molar-refractivity contribution in [3.05, 3.63) is 22.8 Å². The van der Waals surface area contributed by atoms with E-state index in [0.29, 0.717) is 22.4 Å². The molecule has 1 aromatic heterocycles. The zero-order valence-corrected chi connectivity index (χ0v) is 12.3. The lowest BCUT2D eigenvalue weighted by atomic mass is 9.85. The van der Waals surface area contributed by atoms with E-state index in [2.05, 4.69) is 25.8 Å². The van der Waals surface area contributed by atoms with Gasteiger partial charge in [0.1, 0.15) is 5.82 Å². The largest absolute Gasteiger partial charge is 0.382 e. The van der Waals surface area contributed by atoms with Gasteiger partial charge in [-0.3, -0.25) is 4.79 Å². The lowest BCUT2D eigenvalue weighted by molar-refractivity contribution is 0.0455. The van der Waals surface area contributed by atoms with Crippen LogP contribution in [0.15, 0.2) is 12.3 Å². The fourth-order valence-corrected chi connectivity index (χ4v) is 2.88. The molecule has 1 saturated heterocycles. The highest BCUT2D eigenvalue weighted by atomic mass is 35.5. The highest BCUT2D eigenvalue weighted by Gasteiger charge is 2.32. The molecule has 1 amide bonds. The number of nitrogens with two attached hydrogens (primary N) is 1. The van der Waals surface area contributed by atoms with Crippen LogP contribution >= 0.6 is 11.6 Å². The molecule has 3 atom stereocenters. The summed E-state index contributed by atoms with van der Waals surface area (Å²) in [6.45, 7) is 7.25. The summed E-state index contributed by atoms with van der Waals surface area (Å²) >= 11 is 5.93. The predicted octanol–water partition coefficient (Wildman–Crippen LogP) is 2.82. The third-order valence-electron chi connectivity index (χ3n) is 3.98. The van der Waals surface area contributed by atoms with E-state index in [1.807, 2.05) is 4.90 Å². The van der Waals surface area contributed by atoms with Gasteiger partial charge in [-0.25, -0.2) is 4.98 Å². The molecule has 2 heterocycles. The Morgan fingerprint density at radius 3 is 2.79 bits per heavy atom. The van der Waals surface area contributed by atoms with Gasteiger partial charge < -0.3 is 10.6 Å². The van der Waals surface area contributed by atoms with Crippen LogP contribution in [0.5, 0.6) is 0 Å². The molecule has 1 aliphatic heterocycles. The van der Waals surface area contributed by atoms with Crippen molar-refractivity contribution in [2.24, 2.45) is 11.8 Å². The number of rotatable bonds is 1. The van der Waals surface area contributed by atoms with E-state index in [1.165, 1.54) is 6.20 Å². The minimum Gasteiger partial charge on any atom is -0.382 e. The van der Waals surface area contributed by atoms with Crippen molar-refractivity contribution in [1.82, 2.24) is 9.88 Å². The highest BCUT2D eigenvalue weighted by Crippen LogP contribution is 2.28. The molecule has 0 radical (unpaired) electrons. The standard InChI is InChI=1S/C14H20ClN3O/c1-8-4-9(2)10(3)18(7-8)14(19)11-5-12(15)13(16)17-6-11/h5-6,8-10H,4,7H2,1-3H3,(H2,16,17). The zero-order chi connectivity index (χ0) is 14.2. The van der Waals surface area contributed by atoms with Crippen molar-refractivity contribution in [3.63, 3.8) is 0 Å². The minimum absolute atomic E-state index is 0.0136. The van der Waals surface area contributed by atoms with E-state index < -0.39 is 0 Å². The molecule has 1 aliphatic rings. The van der Waals surface area contributed by atoms with Gasteiger partial charge in [0.2, 0.25) is 0 Å². The summed E-state index contributed by atoms with van der Waals surface area (Å²) in [5.41, 5.74) is 6.08. The second-order valence-electron chi connectivity index (χ2n) is 5.61. The monoisotopic (exact) mass is 281 g/mol. The molecule has 19 heavy (non-hydrogen) atoms. The molecule has 0 bridgehead atoms. The van der Waals surface area contributed by atoms with Gasteiger partial charge in [0.15, 0.2) is 0 Å².